The molecule has 1 aliphatic heterocycles. The number of nitrogens with zero attached hydrogens (tertiary/aromatic N) is 5. The van der Waals surface area contributed by atoms with Crippen LogP contribution in [0, 0.1) is 0 Å². The van der Waals surface area contributed by atoms with Crippen LogP contribution in [0.15, 0.2) is 29.3 Å². The highest BCUT2D eigenvalue weighted by Crippen LogP contribution is 2.29. The van der Waals surface area contributed by atoms with E-state index in [1.165, 1.54) is 11.1 Å². The van der Waals surface area contributed by atoms with E-state index in [0.717, 1.165) is 16.8 Å². The summed E-state index contributed by atoms with van der Waals surface area (Å²) >= 11 is 6.21. The van der Waals surface area contributed by atoms with Crippen molar-refractivity contribution in [3.8, 4) is 5.82 Å². The number of urea groups is 1. The maximum absolute atomic E-state index is 12.7. The van der Waals surface area contributed by atoms with E-state index in [1.54, 1.807) is 0 Å². The van der Waals surface area contributed by atoms with E-state index >= 15 is 0 Å². The maximum atomic E-state index is 12.7. The van der Waals surface area contributed by atoms with Gasteiger partial charge in [0.15, 0.2) is 5.82 Å². The lowest BCUT2D eigenvalue weighted by atomic mass is 10.3. The number of aromatic nitrogens is 3. The Hall–Kier alpha value is -2.82. The summed E-state index contributed by atoms with van der Waals surface area (Å²) < 4.78 is 38.8. The molecule has 3 heterocycles. The first kappa shape index (κ1) is 19.9. The van der Waals surface area contributed by atoms with E-state index in [0.29, 0.717) is 44.5 Å². The summed E-state index contributed by atoms with van der Waals surface area (Å²) in [6.45, 7) is 1.80. The normalized spacial score (nSPS) is 15.4. The van der Waals surface area contributed by atoms with Gasteiger partial charge in [-0.25, -0.2) is 9.78 Å². The molecule has 1 saturated heterocycles. The van der Waals surface area contributed by atoms with Crippen LogP contribution in [0.3, 0.4) is 0 Å². The van der Waals surface area contributed by atoms with Crippen molar-refractivity contribution in [2.24, 2.45) is 5.73 Å². The zero-order chi connectivity index (χ0) is 20.5. The number of rotatable bonds is 2. The van der Waals surface area contributed by atoms with Crippen molar-refractivity contribution in [3.05, 3.63) is 45.5 Å². The van der Waals surface area contributed by atoms with Gasteiger partial charge in [0.2, 0.25) is 0 Å². The molecule has 12 heteroatoms. The number of hydrogen-bond donors (Lipinski definition) is 1. The van der Waals surface area contributed by atoms with Gasteiger partial charge in [-0.3, -0.25) is 4.79 Å². The highest BCUT2D eigenvalue weighted by molar-refractivity contribution is 6.33. The number of pyridine rings is 1. The summed E-state index contributed by atoms with van der Waals surface area (Å²) in [5, 5.41) is 3.86. The Morgan fingerprint density at radius 2 is 1.89 bits per heavy atom. The van der Waals surface area contributed by atoms with Crippen LogP contribution in [0.25, 0.3) is 5.82 Å². The van der Waals surface area contributed by atoms with Crippen LogP contribution < -0.4 is 16.2 Å². The number of hydrogen-bond acceptors (Lipinski definition) is 5. The van der Waals surface area contributed by atoms with Crippen molar-refractivity contribution in [2.75, 3.05) is 31.1 Å². The third-order valence-corrected chi connectivity index (χ3v) is 4.70. The predicted molar refractivity (Wildman–Crippen MR) is 95.6 cm³/mol. The minimum atomic E-state index is -4.53. The molecule has 1 aliphatic rings. The van der Waals surface area contributed by atoms with Gasteiger partial charge in [0.1, 0.15) is 5.02 Å². The SMILES string of the molecule is NC(=O)N1CCCN(c2cnn(-c3ccc(C(F)(F)F)cn3)c(=O)c2Cl)CC1. The Morgan fingerprint density at radius 3 is 2.50 bits per heavy atom. The summed E-state index contributed by atoms with van der Waals surface area (Å²) in [6, 6.07) is 1.34. The quantitative estimate of drug-likeness (QED) is 0.806. The zero-order valence-corrected chi connectivity index (χ0v) is 15.2. The second-order valence-corrected chi connectivity index (χ2v) is 6.51. The van der Waals surface area contributed by atoms with Crippen LogP contribution in [-0.4, -0.2) is 51.9 Å². The monoisotopic (exact) mass is 416 g/mol. The van der Waals surface area contributed by atoms with E-state index in [4.69, 9.17) is 17.3 Å². The molecule has 8 nitrogen and oxygen atoms in total. The van der Waals surface area contributed by atoms with E-state index in [9.17, 15) is 22.8 Å². The summed E-state index contributed by atoms with van der Waals surface area (Å²) in [5.74, 6) is -0.0813. The molecule has 1 fully saturated rings. The Bertz CT molecular complexity index is 931. The highest BCUT2D eigenvalue weighted by atomic mass is 35.5. The largest absolute Gasteiger partial charge is 0.417 e. The topological polar surface area (TPSA) is 97.4 Å². The molecule has 2 aromatic heterocycles. The molecule has 0 aliphatic carbocycles. The van der Waals surface area contributed by atoms with E-state index in [-0.39, 0.29) is 10.8 Å². The van der Waals surface area contributed by atoms with Gasteiger partial charge in [-0.05, 0) is 18.6 Å². The molecule has 150 valence electrons. The molecule has 0 atom stereocenters. The van der Waals surface area contributed by atoms with Crippen molar-refractivity contribution in [3.63, 3.8) is 0 Å². The number of amides is 2. The molecular weight excluding hydrogens is 401 g/mol. The standard InChI is InChI=1S/C16H16ClF3N6O2/c17-13-11(24-4-1-5-25(7-6-24)15(21)28)9-23-26(14(13)27)12-3-2-10(8-22-12)16(18,19)20/h2-3,8-9H,1,4-7H2,(H2,21,28). The van der Waals surface area contributed by atoms with Gasteiger partial charge < -0.3 is 15.5 Å². The van der Waals surface area contributed by atoms with Crippen LogP contribution in [0.2, 0.25) is 5.02 Å². The highest BCUT2D eigenvalue weighted by Gasteiger charge is 2.31. The Morgan fingerprint density at radius 1 is 1.14 bits per heavy atom. The first-order valence-electron chi connectivity index (χ1n) is 8.29. The summed E-state index contributed by atoms with van der Waals surface area (Å²) in [5.41, 5.74) is 4.03. The van der Waals surface area contributed by atoms with Gasteiger partial charge in [0, 0.05) is 32.4 Å². The number of carbonyl (C=O) groups excluding carboxylic acids is 1. The molecule has 0 aromatic carbocycles. The lowest BCUT2D eigenvalue weighted by Gasteiger charge is -2.23. The second kappa shape index (κ2) is 7.66. The molecule has 2 aromatic rings. The first-order valence-corrected chi connectivity index (χ1v) is 8.67. The van der Waals surface area contributed by atoms with Gasteiger partial charge in [0.25, 0.3) is 5.56 Å². The maximum Gasteiger partial charge on any atom is 0.417 e. The van der Waals surface area contributed by atoms with Gasteiger partial charge in [0.05, 0.1) is 17.4 Å². The van der Waals surface area contributed by atoms with Crippen molar-refractivity contribution in [1.82, 2.24) is 19.7 Å². The molecule has 0 spiro atoms. The van der Waals surface area contributed by atoms with E-state index < -0.39 is 23.3 Å². The van der Waals surface area contributed by atoms with Crippen LogP contribution in [0.4, 0.5) is 23.7 Å². The lowest BCUT2D eigenvalue weighted by Crippen LogP contribution is -2.39. The number of nitrogens with two attached hydrogens (primary N) is 1. The summed E-state index contributed by atoms with van der Waals surface area (Å²) in [6.07, 6.45) is -1.93. The average Bonchev–Trinajstić information content (AvgIpc) is 2.89. The molecule has 28 heavy (non-hydrogen) atoms. The molecule has 0 unspecified atom stereocenters. The minimum absolute atomic E-state index is 0.0813. The van der Waals surface area contributed by atoms with E-state index in [1.807, 2.05) is 4.90 Å². The third-order valence-electron chi connectivity index (χ3n) is 4.34. The fraction of sp³-hybridized carbons (Fsp3) is 0.375. The average molecular weight is 417 g/mol. The predicted octanol–water partition coefficient (Wildman–Crippen LogP) is 1.89. The molecule has 3 rings (SSSR count). The smallest absolute Gasteiger partial charge is 0.367 e. The Balaban J connectivity index is 1.87. The number of anilines is 1. The minimum Gasteiger partial charge on any atom is -0.367 e. The van der Waals surface area contributed by atoms with Crippen LogP contribution in [0.1, 0.15) is 12.0 Å². The van der Waals surface area contributed by atoms with Crippen LogP contribution in [-0.2, 0) is 6.18 Å². The van der Waals surface area contributed by atoms with E-state index in [2.05, 4.69) is 10.1 Å². The molecule has 2 N–H and O–H groups in total. The molecule has 0 saturated carbocycles. The number of halogens is 4. The van der Waals surface area contributed by atoms with Gasteiger partial charge in [-0.1, -0.05) is 11.6 Å². The molecule has 0 bridgehead atoms. The number of carbonyl (C=O) groups is 1. The number of alkyl halides is 3. The Labute approximate surface area is 162 Å². The zero-order valence-electron chi connectivity index (χ0n) is 14.5. The van der Waals surface area contributed by atoms with Crippen molar-refractivity contribution in [2.45, 2.75) is 12.6 Å². The van der Waals surface area contributed by atoms with Gasteiger partial charge in [-0.2, -0.15) is 23.0 Å². The molecule has 2 amide bonds. The van der Waals surface area contributed by atoms with Crippen LogP contribution >= 0.6 is 11.6 Å². The second-order valence-electron chi connectivity index (χ2n) is 6.13. The third kappa shape index (κ3) is 4.03. The summed E-state index contributed by atoms with van der Waals surface area (Å²) in [7, 11) is 0. The lowest BCUT2D eigenvalue weighted by molar-refractivity contribution is -0.137. The van der Waals surface area contributed by atoms with Gasteiger partial charge >= 0.3 is 12.2 Å². The number of primary amides is 1. The van der Waals surface area contributed by atoms with Crippen molar-refractivity contribution < 1.29 is 18.0 Å². The van der Waals surface area contributed by atoms with Gasteiger partial charge in [-0.15, -0.1) is 0 Å². The van der Waals surface area contributed by atoms with Crippen molar-refractivity contribution in [1.29, 1.82) is 0 Å². The molecular formula is C16H16ClF3N6O2. The summed E-state index contributed by atoms with van der Waals surface area (Å²) in [4.78, 5) is 30.8. The fourth-order valence-electron chi connectivity index (χ4n) is 2.87. The Kier molecular flexibility index (Phi) is 5.45. The first-order chi connectivity index (χ1) is 13.2. The van der Waals surface area contributed by atoms with Crippen molar-refractivity contribution >= 4 is 23.3 Å². The molecule has 0 radical (unpaired) electrons. The van der Waals surface area contributed by atoms with Crippen LogP contribution in [0.5, 0.6) is 0 Å². The fourth-order valence-corrected chi connectivity index (χ4v) is 3.11.